The molecule has 0 spiro atoms. The second-order valence-corrected chi connectivity index (χ2v) is 5.67. The van der Waals surface area contributed by atoms with E-state index in [1.165, 1.54) is 31.6 Å². The molecule has 1 aromatic carbocycles. The lowest BCUT2D eigenvalue weighted by Crippen LogP contribution is -2.07. The molecule has 0 fully saturated rings. The van der Waals surface area contributed by atoms with Gasteiger partial charge in [0.15, 0.2) is 10.8 Å². The van der Waals surface area contributed by atoms with Crippen LogP contribution in [0.25, 0.3) is 0 Å². The molecule has 1 aromatic heterocycles. The minimum absolute atomic E-state index is 0.362. The smallest absolute Gasteiger partial charge is 0.185 e. The summed E-state index contributed by atoms with van der Waals surface area (Å²) in [4.78, 5) is 4.92. The topological polar surface area (TPSA) is 43.4 Å². The fourth-order valence-electron chi connectivity index (χ4n) is 1.73. The molecule has 2 rings (SSSR count). The van der Waals surface area contributed by atoms with E-state index in [1.54, 1.807) is 18.3 Å². The van der Waals surface area contributed by atoms with Crippen LogP contribution < -0.4 is 5.32 Å². The molecule has 0 aliphatic carbocycles. The number of nitrogens with one attached hydrogen (secondary N) is 1. The van der Waals surface area contributed by atoms with Crippen molar-refractivity contribution < 1.29 is 13.9 Å². The Hall–Kier alpha value is -1.21. The van der Waals surface area contributed by atoms with Gasteiger partial charge in [0.2, 0.25) is 0 Å². The van der Waals surface area contributed by atoms with Crippen LogP contribution in [0.5, 0.6) is 0 Å². The van der Waals surface area contributed by atoms with Gasteiger partial charge in [-0.1, -0.05) is 11.6 Å². The lowest BCUT2D eigenvalue weighted by molar-refractivity contribution is -0.107. The minimum atomic E-state index is -0.704. The Morgan fingerprint density at radius 3 is 2.70 bits per heavy atom. The van der Waals surface area contributed by atoms with Crippen LogP contribution in [-0.2, 0) is 16.0 Å². The number of benzene rings is 1. The Morgan fingerprint density at radius 2 is 2.15 bits per heavy atom. The molecule has 0 amide bonds. The molecule has 1 heterocycles. The summed E-state index contributed by atoms with van der Waals surface area (Å²) in [5.41, 5.74) is 1.03. The number of halogens is 2. The average molecular weight is 317 g/mol. The van der Waals surface area contributed by atoms with E-state index in [4.69, 9.17) is 21.1 Å². The average Bonchev–Trinajstić information content (AvgIpc) is 2.85. The maximum atomic E-state index is 14.0. The van der Waals surface area contributed by atoms with Gasteiger partial charge in [0.05, 0.1) is 6.54 Å². The predicted octanol–water partition coefficient (Wildman–Crippen LogP) is 3.84. The molecular weight excluding hydrogens is 303 g/mol. The van der Waals surface area contributed by atoms with Crippen molar-refractivity contribution in [3.63, 3.8) is 0 Å². The Labute approximate surface area is 125 Å². The van der Waals surface area contributed by atoms with Crippen LogP contribution in [0.3, 0.4) is 0 Å². The van der Waals surface area contributed by atoms with Gasteiger partial charge in [0.1, 0.15) is 5.82 Å². The van der Waals surface area contributed by atoms with Crippen LogP contribution in [0.2, 0.25) is 4.47 Å². The maximum Gasteiger partial charge on any atom is 0.185 e. The first-order chi connectivity index (χ1) is 9.63. The SMILES string of the molecule is COC(OC)c1ccc(NCc2cnc(Cl)s2)cc1F. The van der Waals surface area contributed by atoms with Crippen molar-refractivity contribution in [3.8, 4) is 0 Å². The first-order valence-corrected chi connectivity index (χ1v) is 7.02. The largest absolute Gasteiger partial charge is 0.380 e. The van der Waals surface area contributed by atoms with E-state index in [9.17, 15) is 4.39 Å². The zero-order valence-electron chi connectivity index (χ0n) is 11.0. The van der Waals surface area contributed by atoms with Gasteiger partial charge in [-0.05, 0) is 18.2 Å². The highest BCUT2D eigenvalue weighted by Gasteiger charge is 2.14. The van der Waals surface area contributed by atoms with Crippen molar-refractivity contribution >= 4 is 28.6 Å². The van der Waals surface area contributed by atoms with E-state index in [0.717, 1.165) is 4.88 Å². The molecule has 0 saturated heterocycles. The molecule has 4 nitrogen and oxygen atoms in total. The lowest BCUT2D eigenvalue weighted by Gasteiger charge is -2.15. The number of methoxy groups -OCH3 is 2. The van der Waals surface area contributed by atoms with Gasteiger partial charge < -0.3 is 14.8 Å². The summed E-state index contributed by atoms with van der Waals surface area (Å²) in [6.45, 7) is 0.543. The van der Waals surface area contributed by atoms with E-state index in [-0.39, 0.29) is 5.82 Å². The Morgan fingerprint density at radius 1 is 1.40 bits per heavy atom. The molecular formula is C13H14ClFN2O2S. The molecule has 0 aliphatic rings. The van der Waals surface area contributed by atoms with E-state index in [0.29, 0.717) is 22.3 Å². The van der Waals surface area contributed by atoms with Gasteiger partial charge in [-0.2, -0.15) is 0 Å². The summed E-state index contributed by atoms with van der Waals surface area (Å²) in [6.07, 6.45) is 0.987. The van der Waals surface area contributed by atoms with E-state index in [2.05, 4.69) is 10.3 Å². The molecule has 1 N–H and O–H groups in total. The van der Waals surface area contributed by atoms with Gasteiger partial charge in [0.25, 0.3) is 0 Å². The van der Waals surface area contributed by atoms with Crippen molar-refractivity contribution in [2.45, 2.75) is 12.8 Å². The third-order valence-electron chi connectivity index (χ3n) is 2.67. The van der Waals surface area contributed by atoms with Crippen LogP contribution in [0.1, 0.15) is 16.7 Å². The summed E-state index contributed by atoms with van der Waals surface area (Å²) < 4.78 is 24.5. The summed E-state index contributed by atoms with van der Waals surface area (Å²) in [7, 11) is 2.93. The molecule has 7 heteroatoms. The summed E-state index contributed by atoms with van der Waals surface area (Å²) >= 11 is 7.13. The Bertz CT molecular complexity index is 575. The molecule has 0 aliphatic heterocycles. The van der Waals surface area contributed by atoms with Crippen LogP contribution in [0.15, 0.2) is 24.4 Å². The standard InChI is InChI=1S/C13H14ClFN2O2S/c1-18-12(19-2)10-4-3-8(5-11(10)15)16-6-9-7-17-13(14)20-9/h3-5,7,12,16H,6H2,1-2H3. The highest BCUT2D eigenvalue weighted by Crippen LogP contribution is 2.24. The van der Waals surface area contributed by atoms with Gasteiger partial charge in [-0.15, -0.1) is 11.3 Å². The van der Waals surface area contributed by atoms with Gasteiger partial charge in [-0.25, -0.2) is 9.37 Å². The third-order valence-corrected chi connectivity index (χ3v) is 3.79. The first-order valence-electron chi connectivity index (χ1n) is 5.83. The van der Waals surface area contributed by atoms with Gasteiger partial charge in [0, 0.05) is 36.5 Å². The van der Waals surface area contributed by atoms with Crippen molar-refractivity contribution in [2.75, 3.05) is 19.5 Å². The molecule has 2 aromatic rings. The highest BCUT2D eigenvalue weighted by molar-refractivity contribution is 7.15. The number of thiazole rings is 1. The van der Waals surface area contributed by atoms with Crippen LogP contribution in [-0.4, -0.2) is 19.2 Å². The summed E-state index contributed by atoms with van der Waals surface area (Å²) in [5.74, 6) is -0.383. The fourth-order valence-corrected chi connectivity index (χ4v) is 2.65. The van der Waals surface area contributed by atoms with Gasteiger partial charge >= 0.3 is 0 Å². The first kappa shape index (κ1) is 15.2. The quantitative estimate of drug-likeness (QED) is 0.822. The molecule has 108 valence electrons. The number of aromatic nitrogens is 1. The van der Waals surface area contributed by atoms with Crippen molar-refractivity contribution in [1.82, 2.24) is 4.98 Å². The molecule has 0 atom stereocenters. The van der Waals surface area contributed by atoms with Crippen LogP contribution in [0.4, 0.5) is 10.1 Å². The van der Waals surface area contributed by atoms with Crippen molar-refractivity contribution in [3.05, 3.63) is 45.1 Å². The predicted molar refractivity (Wildman–Crippen MR) is 77.6 cm³/mol. The fraction of sp³-hybridized carbons (Fsp3) is 0.308. The zero-order valence-corrected chi connectivity index (χ0v) is 12.6. The Kier molecular flexibility index (Phi) is 5.31. The normalized spacial score (nSPS) is 11.1. The molecule has 0 bridgehead atoms. The third kappa shape index (κ3) is 3.67. The monoisotopic (exact) mass is 316 g/mol. The number of hydrogen-bond acceptors (Lipinski definition) is 5. The number of anilines is 1. The van der Waals surface area contributed by atoms with Crippen LogP contribution in [0, 0.1) is 5.82 Å². The highest BCUT2D eigenvalue weighted by atomic mass is 35.5. The zero-order chi connectivity index (χ0) is 14.5. The van der Waals surface area contributed by atoms with E-state index in [1.807, 2.05) is 0 Å². The van der Waals surface area contributed by atoms with Crippen molar-refractivity contribution in [1.29, 1.82) is 0 Å². The van der Waals surface area contributed by atoms with Crippen molar-refractivity contribution in [2.24, 2.45) is 0 Å². The number of rotatable bonds is 6. The number of hydrogen-bond donors (Lipinski definition) is 1. The Balaban J connectivity index is 2.05. The molecule has 20 heavy (non-hydrogen) atoms. The number of nitrogens with zero attached hydrogens (tertiary/aromatic N) is 1. The lowest BCUT2D eigenvalue weighted by atomic mass is 10.2. The molecule has 0 unspecified atom stereocenters. The van der Waals surface area contributed by atoms with Gasteiger partial charge in [-0.3, -0.25) is 0 Å². The van der Waals surface area contributed by atoms with E-state index < -0.39 is 6.29 Å². The molecule has 0 saturated carbocycles. The maximum absolute atomic E-state index is 14.0. The van der Waals surface area contributed by atoms with E-state index >= 15 is 0 Å². The second-order valence-electron chi connectivity index (χ2n) is 3.97. The molecule has 0 radical (unpaired) electrons. The summed E-state index contributed by atoms with van der Waals surface area (Å²) in [6, 6.07) is 4.81. The minimum Gasteiger partial charge on any atom is -0.380 e. The number of ether oxygens (including phenoxy) is 2. The van der Waals surface area contributed by atoms with Crippen LogP contribution >= 0.6 is 22.9 Å². The summed E-state index contributed by atoms with van der Waals surface area (Å²) in [5, 5.41) is 3.11. The second kappa shape index (κ2) is 6.99.